The summed E-state index contributed by atoms with van der Waals surface area (Å²) in [5.74, 6) is -0.271. The molecule has 3 heteroatoms. The monoisotopic (exact) mass is 262 g/mol. The molecule has 104 valence electrons. The summed E-state index contributed by atoms with van der Waals surface area (Å²) in [4.78, 5) is 11.1. The second kappa shape index (κ2) is 4.87. The van der Waals surface area contributed by atoms with E-state index >= 15 is 0 Å². The second-order valence-electron chi connectivity index (χ2n) is 6.66. The van der Waals surface area contributed by atoms with Crippen molar-refractivity contribution in [1.82, 2.24) is 0 Å². The van der Waals surface area contributed by atoms with E-state index in [1.54, 1.807) is 6.07 Å². The summed E-state index contributed by atoms with van der Waals surface area (Å²) in [5, 5.41) is 19.3. The van der Waals surface area contributed by atoms with Crippen molar-refractivity contribution in [3.8, 4) is 5.75 Å². The van der Waals surface area contributed by atoms with Gasteiger partial charge >= 0.3 is 5.97 Å². The fourth-order valence-electron chi connectivity index (χ4n) is 3.65. The zero-order valence-electron chi connectivity index (χ0n) is 11.8. The van der Waals surface area contributed by atoms with E-state index in [2.05, 4.69) is 20.8 Å². The first-order chi connectivity index (χ1) is 8.80. The highest BCUT2D eigenvalue weighted by Crippen LogP contribution is 2.48. The van der Waals surface area contributed by atoms with E-state index in [0.29, 0.717) is 5.92 Å². The van der Waals surface area contributed by atoms with Gasteiger partial charge in [-0.2, -0.15) is 0 Å². The number of carbonyl (C=O) groups is 1. The van der Waals surface area contributed by atoms with Gasteiger partial charge in [0.1, 0.15) is 11.3 Å². The van der Waals surface area contributed by atoms with Crippen LogP contribution < -0.4 is 0 Å². The molecular weight excluding hydrogens is 240 g/mol. The summed E-state index contributed by atoms with van der Waals surface area (Å²) in [7, 11) is 0. The number of hydrogen-bond acceptors (Lipinski definition) is 2. The first-order valence-electron chi connectivity index (χ1n) is 6.85. The first kappa shape index (κ1) is 13.9. The molecule has 0 bridgehead atoms. The van der Waals surface area contributed by atoms with Crippen LogP contribution in [0.2, 0.25) is 0 Å². The van der Waals surface area contributed by atoms with Gasteiger partial charge in [0.25, 0.3) is 0 Å². The molecular formula is C16H22O3. The Kier molecular flexibility index (Phi) is 3.57. The van der Waals surface area contributed by atoms with Gasteiger partial charge in [-0.25, -0.2) is 4.79 Å². The number of para-hydroxylation sites is 1. The van der Waals surface area contributed by atoms with E-state index in [4.69, 9.17) is 5.11 Å². The Balaban J connectivity index is 2.36. The Labute approximate surface area is 114 Å². The zero-order valence-corrected chi connectivity index (χ0v) is 11.8. The lowest BCUT2D eigenvalue weighted by Gasteiger charge is -2.39. The van der Waals surface area contributed by atoms with Crippen molar-refractivity contribution in [2.45, 2.75) is 46.0 Å². The van der Waals surface area contributed by atoms with Crippen LogP contribution in [-0.2, 0) is 0 Å². The molecule has 1 aliphatic rings. The Morgan fingerprint density at radius 3 is 2.58 bits per heavy atom. The van der Waals surface area contributed by atoms with Gasteiger partial charge in [0.2, 0.25) is 0 Å². The van der Waals surface area contributed by atoms with Crippen LogP contribution >= 0.6 is 0 Å². The van der Waals surface area contributed by atoms with Gasteiger partial charge in [-0.15, -0.1) is 0 Å². The summed E-state index contributed by atoms with van der Waals surface area (Å²) in [6, 6.07) is 5.05. The predicted octanol–water partition coefficient (Wildman–Crippen LogP) is 4.02. The third-order valence-corrected chi connectivity index (χ3v) is 4.12. The van der Waals surface area contributed by atoms with Gasteiger partial charge in [0.05, 0.1) is 0 Å². The maximum Gasteiger partial charge on any atom is 0.339 e. The van der Waals surface area contributed by atoms with Crippen molar-refractivity contribution in [2.75, 3.05) is 0 Å². The van der Waals surface area contributed by atoms with Crippen LogP contribution in [0.4, 0.5) is 0 Å². The molecule has 2 N–H and O–H groups in total. The van der Waals surface area contributed by atoms with Gasteiger partial charge in [-0.05, 0) is 48.1 Å². The Morgan fingerprint density at radius 2 is 2.00 bits per heavy atom. The zero-order chi connectivity index (χ0) is 14.2. The molecule has 0 spiro atoms. The van der Waals surface area contributed by atoms with Crippen LogP contribution in [0, 0.1) is 11.3 Å². The molecule has 1 aromatic carbocycles. The molecule has 0 radical (unpaired) electrons. The summed E-state index contributed by atoms with van der Waals surface area (Å²) >= 11 is 0. The molecule has 0 saturated heterocycles. The fraction of sp³-hybridized carbons (Fsp3) is 0.562. The maximum atomic E-state index is 11.1. The van der Waals surface area contributed by atoms with Crippen LogP contribution in [0.1, 0.15) is 61.9 Å². The van der Waals surface area contributed by atoms with Gasteiger partial charge in [-0.1, -0.05) is 32.9 Å². The van der Waals surface area contributed by atoms with Crippen molar-refractivity contribution < 1.29 is 15.0 Å². The van der Waals surface area contributed by atoms with Crippen molar-refractivity contribution in [2.24, 2.45) is 11.3 Å². The van der Waals surface area contributed by atoms with Crippen molar-refractivity contribution in [3.05, 3.63) is 29.3 Å². The Bertz CT molecular complexity index is 491. The van der Waals surface area contributed by atoms with Gasteiger partial charge in [-0.3, -0.25) is 0 Å². The Hall–Kier alpha value is -1.51. The molecule has 2 unspecified atom stereocenters. The third kappa shape index (κ3) is 2.91. The number of carboxylic acids is 1. The molecule has 0 amide bonds. The van der Waals surface area contributed by atoms with E-state index in [1.165, 1.54) is 12.5 Å². The molecule has 2 atom stereocenters. The largest absolute Gasteiger partial charge is 0.507 e. The summed E-state index contributed by atoms with van der Waals surface area (Å²) in [5.41, 5.74) is 1.04. The first-order valence-corrected chi connectivity index (χ1v) is 6.85. The predicted molar refractivity (Wildman–Crippen MR) is 74.6 cm³/mol. The molecule has 1 aromatic rings. The molecule has 2 rings (SSSR count). The standard InChI is InChI=1S/C16H22O3/c1-10-7-11(9-16(2,3)8-10)12-5-4-6-13(14(12)17)15(18)19/h4-6,10-11,17H,7-9H2,1-3H3,(H,18,19). The second-order valence-corrected chi connectivity index (χ2v) is 6.66. The van der Waals surface area contributed by atoms with E-state index in [-0.39, 0.29) is 22.6 Å². The SMILES string of the molecule is CC1CC(c2cccc(C(=O)O)c2O)CC(C)(C)C1. The molecule has 19 heavy (non-hydrogen) atoms. The minimum Gasteiger partial charge on any atom is -0.507 e. The number of benzene rings is 1. The normalized spacial score (nSPS) is 26.1. The van der Waals surface area contributed by atoms with E-state index in [9.17, 15) is 9.90 Å². The third-order valence-electron chi connectivity index (χ3n) is 4.12. The highest BCUT2D eigenvalue weighted by atomic mass is 16.4. The van der Waals surface area contributed by atoms with Gasteiger partial charge in [0, 0.05) is 0 Å². The molecule has 0 heterocycles. The lowest BCUT2D eigenvalue weighted by Crippen LogP contribution is -2.26. The molecule has 1 fully saturated rings. The number of carboxylic acid groups (broad SMARTS) is 1. The molecule has 0 aromatic heterocycles. The summed E-state index contributed by atoms with van der Waals surface area (Å²) < 4.78 is 0. The minimum absolute atomic E-state index is 0.00790. The minimum atomic E-state index is -1.07. The maximum absolute atomic E-state index is 11.1. The van der Waals surface area contributed by atoms with Crippen molar-refractivity contribution >= 4 is 5.97 Å². The molecule has 0 aliphatic heterocycles. The molecule has 1 aliphatic carbocycles. The fourth-order valence-corrected chi connectivity index (χ4v) is 3.65. The lowest BCUT2D eigenvalue weighted by atomic mass is 9.66. The van der Waals surface area contributed by atoms with Crippen LogP contribution in [0.15, 0.2) is 18.2 Å². The van der Waals surface area contributed by atoms with E-state index < -0.39 is 5.97 Å². The van der Waals surface area contributed by atoms with Crippen molar-refractivity contribution in [1.29, 1.82) is 0 Å². The molecule has 1 saturated carbocycles. The number of hydrogen-bond donors (Lipinski definition) is 2. The summed E-state index contributed by atoms with van der Waals surface area (Å²) in [6.45, 7) is 6.72. The van der Waals surface area contributed by atoms with Crippen LogP contribution in [0.5, 0.6) is 5.75 Å². The van der Waals surface area contributed by atoms with E-state index in [0.717, 1.165) is 18.4 Å². The number of rotatable bonds is 2. The molecule has 3 nitrogen and oxygen atoms in total. The van der Waals surface area contributed by atoms with Crippen molar-refractivity contribution in [3.63, 3.8) is 0 Å². The average molecular weight is 262 g/mol. The van der Waals surface area contributed by atoms with Gasteiger partial charge < -0.3 is 10.2 Å². The highest BCUT2D eigenvalue weighted by molar-refractivity contribution is 5.91. The smallest absolute Gasteiger partial charge is 0.339 e. The van der Waals surface area contributed by atoms with Crippen LogP contribution in [0.3, 0.4) is 0 Å². The number of aromatic carboxylic acids is 1. The van der Waals surface area contributed by atoms with E-state index in [1.807, 2.05) is 6.07 Å². The number of phenols is 1. The number of aromatic hydroxyl groups is 1. The van der Waals surface area contributed by atoms with Gasteiger partial charge in [0.15, 0.2) is 0 Å². The summed E-state index contributed by atoms with van der Waals surface area (Å²) in [6.07, 6.45) is 3.19. The lowest BCUT2D eigenvalue weighted by molar-refractivity contribution is 0.0693. The topological polar surface area (TPSA) is 57.5 Å². The average Bonchev–Trinajstić information content (AvgIpc) is 2.25. The Morgan fingerprint density at radius 1 is 1.32 bits per heavy atom. The van der Waals surface area contributed by atoms with Crippen LogP contribution in [0.25, 0.3) is 0 Å². The highest BCUT2D eigenvalue weighted by Gasteiger charge is 2.34. The van der Waals surface area contributed by atoms with Crippen LogP contribution in [-0.4, -0.2) is 16.2 Å². The quantitative estimate of drug-likeness (QED) is 0.846.